The second-order valence-corrected chi connectivity index (χ2v) is 8.41. The number of aliphatic hydroxyl groups excluding tert-OH is 2. The van der Waals surface area contributed by atoms with E-state index in [1.54, 1.807) is 0 Å². The van der Waals surface area contributed by atoms with Crippen molar-refractivity contribution in [2.45, 2.75) is 109 Å². The third-order valence-electron chi connectivity index (χ3n) is 5.84. The predicted octanol–water partition coefficient (Wildman–Crippen LogP) is 5.65. The van der Waals surface area contributed by atoms with Gasteiger partial charge < -0.3 is 14.9 Å². The number of aliphatic hydroxyl groups is 2. The molecule has 1 aromatic carbocycles. The first kappa shape index (κ1) is 23.9. The predicted molar refractivity (Wildman–Crippen MR) is 120 cm³/mol. The molecule has 2 rings (SSSR count). The maximum absolute atomic E-state index is 10.4. The fraction of sp³-hybridized carbons (Fsp3) is 0.720. The van der Waals surface area contributed by atoms with Crippen LogP contribution in [0.5, 0.6) is 0 Å². The summed E-state index contributed by atoms with van der Waals surface area (Å²) in [5.41, 5.74) is 0.914. The molecule has 0 saturated heterocycles. The summed E-state index contributed by atoms with van der Waals surface area (Å²) in [6.45, 7) is 2.60. The largest absolute Gasteiger partial charge is 0.475 e. The highest BCUT2D eigenvalue weighted by Gasteiger charge is 2.31. The van der Waals surface area contributed by atoms with Crippen LogP contribution in [0, 0.1) is 0 Å². The Bertz CT molecular complexity index is 560. The zero-order valence-electron chi connectivity index (χ0n) is 18.3. The van der Waals surface area contributed by atoms with E-state index in [0.29, 0.717) is 18.9 Å². The normalized spacial score (nSPS) is 18.3. The van der Waals surface area contributed by atoms with E-state index in [9.17, 15) is 10.2 Å². The molecule has 1 aliphatic heterocycles. The van der Waals surface area contributed by atoms with Crippen LogP contribution in [0.25, 0.3) is 0 Å². The number of aliphatic imine (C=N–C) groups is 1. The van der Waals surface area contributed by atoms with Crippen LogP contribution in [-0.2, 0) is 4.74 Å². The second kappa shape index (κ2) is 14.6. The highest BCUT2D eigenvalue weighted by molar-refractivity contribution is 5.95. The molecule has 0 spiro atoms. The monoisotopic (exact) mass is 403 g/mol. The molecule has 4 heteroatoms. The number of nitrogens with zero attached hydrogens (tertiary/aromatic N) is 1. The first-order chi connectivity index (χ1) is 14.2. The summed E-state index contributed by atoms with van der Waals surface area (Å²) < 4.78 is 5.62. The molecule has 29 heavy (non-hydrogen) atoms. The van der Waals surface area contributed by atoms with Gasteiger partial charge in [-0.1, -0.05) is 102 Å². The van der Waals surface area contributed by atoms with Crippen molar-refractivity contribution in [2.24, 2.45) is 4.99 Å². The average molecular weight is 404 g/mol. The van der Waals surface area contributed by atoms with Crippen LogP contribution in [0.1, 0.15) is 96.0 Å². The van der Waals surface area contributed by atoms with Crippen molar-refractivity contribution in [3.63, 3.8) is 0 Å². The Morgan fingerprint density at radius 3 is 2.00 bits per heavy atom. The van der Waals surface area contributed by atoms with E-state index in [4.69, 9.17) is 4.74 Å². The summed E-state index contributed by atoms with van der Waals surface area (Å²) in [4.78, 5) is 4.47. The fourth-order valence-electron chi connectivity index (χ4n) is 3.92. The Labute approximate surface area is 177 Å². The zero-order chi connectivity index (χ0) is 20.7. The lowest BCUT2D eigenvalue weighted by molar-refractivity contribution is -0.00517. The third kappa shape index (κ3) is 9.31. The van der Waals surface area contributed by atoms with Gasteiger partial charge in [0.1, 0.15) is 18.8 Å². The molecule has 3 atom stereocenters. The number of rotatable bonds is 16. The number of hydrogen-bond donors (Lipinski definition) is 2. The van der Waals surface area contributed by atoms with Crippen molar-refractivity contribution >= 4 is 5.90 Å². The Balaban J connectivity index is 1.50. The van der Waals surface area contributed by atoms with Gasteiger partial charge in [-0.05, 0) is 18.6 Å². The molecular formula is C25H41NO3. The van der Waals surface area contributed by atoms with Gasteiger partial charge in [0, 0.05) is 5.56 Å². The van der Waals surface area contributed by atoms with Crippen LogP contribution < -0.4 is 0 Å². The lowest BCUT2D eigenvalue weighted by Crippen LogP contribution is -2.37. The summed E-state index contributed by atoms with van der Waals surface area (Å²) in [5.74, 6) is 0.562. The van der Waals surface area contributed by atoms with Crippen LogP contribution in [0.4, 0.5) is 0 Å². The highest BCUT2D eigenvalue weighted by atomic mass is 16.5. The van der Waals surface area contributed by atoms with Crippen LogP contribution in [0.3, 0.4) is 0 Å². The SMILES string of the molecule is CCCCCCCCCCCCCC[C@H](O)[C@@H](O)[C@@H]1COC(c2ccccc2)=N1. The van der Waals surface area contributed by atoms with Crippen molar-refractivity contribution < 1.29 is 14.9 Å². The van der Waals surface area contributed by atoms with Gasteiger partial charge >= 0.3 is 0 Å². The van der Waals surface area contributed by atoms with Crippen LogP contribution in [0.15, 0.2) is 35.3 Å². The van der Waals surface area contributed by atoms with Gasteiger partial charge in [0.2, 0.25) is 5.90 Å². The third-order valence-corrected chi connectivity index (χ3v) is 5.84. The van der Waals surface area contributed by atoms with Crippen molar-refractivity contribution in [3.05, 3.63) is 35.9 Å². The molecule has 4 nitrogen and oxygen atoms in total. The Morgan fingerprint density at radius 2 is 1.41 bits per heavy atom. The van der Waals surface area contributed by atoms with Gasteiger partial charge in [-0.3, -0.25) is 0 Å². The summed E-state index contributed by atoms with van der Waals surface area (Å²) >= 11 is 0. The van der Waals surface area contributed by atoms with Gasteiger partial charge in [-0.2, -0.15) is 0 Å². The van der Waals surface area contributed by atoms with E-state index in [1.807, 2.05) is 30.3 Å². The number of unbranched alkanes of at least 4 members (excludes halogenated alkanes) is 11. The first-order valence-corrected chi connectivity index (χ1v) is 11.8. The Kier molecular flexibility index (Phi) is 12.0. The maximum atomic E-state index is 10.4. The van der Waals surface area contributed by atoms with E-state index >= 15 is 0 Å². The molecule has 0 amide bonds. The lowest BCUT2D eigenvalue weighted by atomic mass is 10.00. The molecule has 1 aromatic rings. The van der Waals surface area contributed by atoms with E-state index in [0.717, 1.165) is 18.4 Å². The molecule has 0 saturated carbocycles. The van der Waals surface area contributed by atoms with E-state index in [2.05, 4.69) is 11.9 Å². The van der Waals surface area contributed by atoms with Gasteiger partial charge in [0.25, 0.3) is 0 Å². The molecule has 0 fully saturated rings. The lowest BCUT2D eigenvalue weighted by Gasteiger charge is -2.20. The summed E-state index contributed by atoms with van der Waals surface area (Å²) in [7, 11) is 0. The van der Waals surface area contributed by atoms with Crippen molar-refractivity contribution in [1.29, 1.82) is 0 Å². The Morgan fingerprint density at radius 1 is 0.862 bits per heavy atom. The fourth-order valence-corrected chi connectivity index (χ4v) is 3.92. The van der Waals surface area contributed by atoms with Crippen LogP contribution in [-0.4, -0.2) is 41.0 Å². The van der Waals surface area contributed by atoms with E-state index in [1.165, 1.54) is 64.2 Å². The summed E-state index contributed by atoms with van der Waals surface area (Å²) in [6.07, 6.45) is 14.6. The highest BCUT2D eigenvalue weighted by Crippen LogP contribution is 2.19. The molecule has 1 heterocycles. The van der Waals surface area contributed by atoms with E-state index in [-0.39, 0.29) is 6.04 Å². The minimum atomic E-state index is -0.857. The van der Waals surface area contributed by atoms with Crippen LogP contribution >= 0.6 is 0 Å². The topological polar surface area (TPSA) is 62.0 Å². The number of ether oxygens (including phenoxy) is 1. The second-order valence-electron chi connectivity index (χ2n) is 8.41. The average Bonchev–Trinajstić information content (AvgIpc) is 3.24. The quantitative estimate of drug-likeness (QED) is 0.351. The van der Waals surface area contributed by atoms with Gasteiger partial charge in [0.15, 0.2) is 0 Å². The molecule has 2 N–H and O–H groups in total. The van der Waals surface area contributed by atoms with Crippen molar-refractivity contribution in [1.82, 2.24) is 0 Å². The minimum absolute atomic E-state index is 0.334. The molecule has 164 valence electrons. The maximum Gasteiger partial charge on any atom is 0.216 e. The van der Waals surface area contributed by atoms with Gasteiger partial charge in [0.05, 0.1) is 6.10 Å². The standard InChI is InChI=1S/C25H41NO3/c1-2-3-4-5-6-7-8-9-10-11-12-16-19-23(27)24(28)22-20-29-25(26-22)21-17-14-13-15-18-21/h13-15,17-18,22-24,27-28H,2-12,16,19-20H2,1H3/t22-,23-,24-/m0/s1. The van der Waals surface area contributed by atoms with Gasteiger partial charge in [-0.25, -0.2) is 4.99 Å². The van der Waals surface area contributed by atoms with Gasteiger partial charge in [-0.15, -0.1) is 0 Å². The first-order valence-electron chi connectivity index (χ1n) is 11.8. The van der Waals surface area contributed by atoms with Crippen LogP contribution in [0.2, 0.25) is 0 Å². The summed E-state index contributed by atoms with van der Waals surface area (Å²) in [6, 6.07) is 9.33. The number of benzene rings is 1. The molecule has 0 bridgehead atoms. The molecule has 0 unspecified atom stereocenters. The number of hydrogen-bond acceptors (Lipinski definition) is 4. The Hall–Kier alpha value is -1.39. The minimum Gasteiger partial charge on any atom is -0.475 e. The molecule has 0 aromatic heterocycles. The van der Waals surface area contributed by atoms with E-state index < -0.39 is 12.2 Å². The molecule has 1 aliphatic rings. The van der Waals surface area contributed by atoms with Crippen molar-refractivity contribution in [2.75, 3.05) is 6.61 Å². The summed E-state index contributed by atoms with van der Waals surface area (Å²) in [5, 5.41) is 20.7. The molecule has 0 aliphatic carbocycles. The zero-order valence-corrected chi connectivity index (χ0v) is 18.3. The molecule has 0 radical (unpaired) electrons. The molecular weight excluding hydrogens is 362 g/mol. The smallest absolute Gasteiger partial charge is 0.216 e. The van der Waals surface area contributed by atoms with Crippen molar-refractivity contribution in [3.8, 4) is 0 Å².